The van der Waals surface area contributed by atoms with Gasteiger partial charge in [-0.2, -0.15) is 0 Å². The topological polar surface area (TPSA) is 72.8 Å². The van der Waals surface area contributed by atoms with Gasteiger partial charge in [-0.05, 0) is 12.1 Å². The molecule has 0 unspecified atom stereocenters. The summed E-state index contributed by atoms with van der Waals surface area (Å²) >= 11 is 5.75. The monoisotopic (exact) mass is 244 g/mol. The van der Waals surface area contributed by atoms with Gasteiger partial charge < -0.3 is 14.6 Å². The average molecular weight is 245 g/mol. The molecule has 1 N–H and O–H groups in total. The third kappa shape index (κ3) is 2.87. The summed E-state index contributed by atoms with van der Waals surface area (Å²) < 4.78 is 9.84. The van der Waals surface area contributed by atoms with Crippen molar-refractivity contribution in [3.63, 3.8) is 0 Å². The molecule has 0 spiro atoms. The fourth-order valence-electron chi connectivity index (χ4n) is 1.11. The van der Waals surface area contributed by atoms with Crippen LogP contribution in [0.3, 0.4) is 0 Å². The lowest BCUT2D eigenvalue weighted by molar-refractivity contribution is -0.139. The van der Waals surface area contributed by atoms with Gasteiger partial charge in [0.1, 0.15) is 11.5 Å². The standard InChI is InChI=1S/C10H9ClO5/c1-15-8-2-6(11)3-9(7(8)4-12)16-5-10(13)14/h2-4H,5H2,1H3,(H,13,14). The Bertz CT molecular complexity index is 416. The van der Waals surface area contributed by atoms with Crippen LogP contribution in [-0.2, 0) is 4.79 Å². The van der Waals surface area contributed by atoms with Gasteiger partial charge in [-0.25, -0.2) is 4.79 Å². The van der Waals surface area contributed by atoms with E-state index in [1.807, 2.05) is 0 Å². The average Bonchev–Trinajstić information content (AvgIpc) is 2.25. The number of halogens is 1. The van der Waals surface area contributed by atoms with Crippen LogP contribution in [0.1, 0.15) is 10.4 Å². The Morgan fingerprint density at radius 1 is 1.50 bits per heavy atom. The molecule has 1 aromatic carbocycles. The van der Waals surface area contributed by atoms with Crippen molar-refractivity contribution in [2.45, 2.75) is 0 Å². The van der Waals surface area contributed by atoms with E-state index in [4.69, 9.17) is 26.2 Å². The van der Waals surface area contributed by atoms with Crippen LogP contribution in [0, 0.1) is 0 Å². The van der Waals surface area contributed by atoms with Gasteiger partial charge in [0.25, 0.3) is 0 Å². The highest BCUT2D eigenvalue weighted by atomic mass is 35.5. The molecule has 0 aliphatic rings. The van der Waals surface area contributed by atoms with E-state index >= 15 is 0 Å². The van der Waals surface area contributed by atoms with Gasteiger partial charge in [0.15, 0.2) is 12.9 Å². The van der Waals surface area contributed by atoms with Crippen LogP contribution in [0.5, 0.6) is 11.5 Å². The first-order valence-electron chi connectivity index (χ1n) is 4.25. The Labute approximate surface area is 96.5 Å². The van der Waals surface area contributed by atoms with Crippen molar-refractivity contribution < 1.29 is 24.2 Å². The molecule has 16 heavy (non-hydrogen) atoms. The number of methoxy groups -OCH3 is 1. The van der Waals surface area contributed by atoms with Crippen LogP contribution >= 0.6 is 11.6 Å². The van der Waals surface area contributed by atoms with Crippen molar-refractivity contribution in [2.24, 2.45) is 0 Å². The molecule has 0 fully saturated rings. The summed E-state index contributed by atoms with van der Waals surface area (Å²) in [6.45, 7) is -0.551. The maximum atomic E-state index is 10.8. The molecule has 0 aromatic heterocycles. The number of carbonyl (C=O) groups is 2. The number of carbonyl (C=O) groups excluding carboxylic acids is 1. The summed E-state index contributed by atoms with van der Waals surface area (Å²) in [6.07, 6.45) is 0.520. The van der Waals surface area contributed by atoms with Crippen LogP contribution in [0.15, 0.2) is 12.1 Å². The minimum Gasteiger partial charge on any atom is -0.496 e. The Morgan fingerprint density at radius 3 is 2.62 bits per heavy atom. The highest BCUT2D eigenvalue weighted by Gasteiger charge is 2.12. The number of aliphatic carboxylic acids is 1. The van der Waals surface area contributed by atoms with E-state index in [0.717, 1.165) is 0 Å². The van der Waals surface area contributed by atoms with Gasteiger partial charge in [0.05, 0.1) is 12.7 Å². The van der Waals surface area contributed by atoms with Crippen LogP contribution in [0.25, 0.3) is 0 Å². The second-order valence-electron chi connectivity index (χ2n) is 2.82. The van der Waals surface area contributed by atoms with Gasteiger partial charge in [0.2, 0.25) is 0 Å². The zero-order valence-corrected chi connectivity index (χ0v) is 9.15. The number of hydrogen-bond acceptors (Lipinski definition) is 4. The molecule has 0 heterocycles. The summed E-state index contributed by atoms with van der Waals surface area (Å²) in [4.78, 5) is 21.1. The highest BCUT2D eigenvalue weighted by molar-refractivity contribution is 6.31. The van der Waals surface area contributed by atoms with Gasteiger partial charge in [0, 0.05) is 5.02 Å². The Morgan fingerprint density at radius 2 is 2.12 bits per heavy atom. The quantitative estimate of drug-likeness (QED) is 0.797. The normalized spacial score (nSPS) is 9.62. The molecular formula is C10H9ClO5. The SMILES string of the molecule is COc1cc(Cl)cc(OCC(=O)O)c1C=O. The predicted molar refractivity (Wildman–Crippen MR) is 56.5 cm³/mol. The zero-order valence-electron chi connectivity index (χ0n) is 8.40. The summed E-state index contributed by atoms with van der Waals surface area (Å²) in [5.41, 5.74) is 0.133. The Balaban J connectivity index is 3.09. The third-order valence-electron chi connectivity index (χ3n) is 1.76. The van der Waals surface area contributed by atoms with E-state index in [-0.39, 0.29) is 17.1 Å². The molecule has 86 valence electrons. The lowest BCUT2D eigenvalue weighted by atomic mass is 10.2. The number of rotatable bonds is 5. The minimum absolute atomic E-state index is 0.0850. The minimum atomic E-state index is -1.14. The molecule has 0 saturated carbocycles. The van der Waals surface area contributed by atoms with Crippen LogP contribution in [0.2, 0.25) is 5.02 Å². The third-order valence-corrected chi connectivity index (χ3v) is 1.98. The van der Waals surface area contributed by atoms with E-state index in [1.165, 1.54) is 19.2 Å². The predicted octanol–water partition coefficient (Wildman–Crippen LogP) is 1.62. The largest absolute Gasteiger partial charge is 0.496 e. The van der Waals surface area contributed by atoms with E-state index in [1.54, 1.807) is 0 Å². The fourth-order valence-corrected chi connectivity index (χ4v) is 1.31. The van der Waals surface area contributed by atoms with E-state index in [2.05, 4.69) is 0 Å². The molecule has 0 bridgehead atoms. The molecule has 0 radical (unpaired) electrons. The van der Waals surface area contributed by atoms with Gasteiger partial charge >= 0.3 is 5.97 Å². The smallest absolute Gasteiger partial charge is 0.341 e. The molecule has 0 atom stereocenters. The van der Waals surface area contributed by atoms with Gasteiger partial charge in [-0.3, -0.25) is 4.79 Å². The zero-order chi connectivity index (χ0) is 12.1. The molecule has 0 aliphatic carbocycles. The van der Waals surface area contributed by atoms with Crippen LogP contribution in [0.4, 0.5) is 0 Å². The fraction of sp³-hybridized carbons (Fsp3) is 0.200. The molecule has 0 aliphatic heterocycles. The van der Waals surface area contributed by atoms with Gasteiger partial charge in [-0.1, -0.05) is 11.6 Å². The summed E-state index contributed by atoms with van der Waals surface area (Å²) in [5, 5.41) is 8.75. The molecule has 0 amide bonds. The summed E-state index contributed by atoms with van der Waals surface area (Å²) in [5.74, 6) is -0.819. The Hall–Kier alpha value is -1.75. The van der Waals surface area contributed by atoms with Gasteiger partial charge in [-0.15, -0.1) is 0 Å². The summed E-state index contributed by atoms with van der Waals surface area (Å²) in [6, 6.07) is 2.80. The molecule has 6 heteroatoms. The van der Waals surface area contributed by atoms with Crippen molar-refractivity contribution in [1.82, 2.24) is 0 Å². The van der Waals surface area contributed by atoms with Crippen LogP contribution in [-0.4, -0.2) is 31.1 Å². The molecule has 0 saturated heterocycles. The van der Waals surface area contributed by atoms with Crippen molar-refractivity contribution in [3.8, 4) is 11.5 Å². The molecule has 5 nitrogen and oxygen atoms in total. The second-order valence-corrected chi connectivity index (χ2v) is 3.26. The number of hydrogen-bond donors (Lipinski definition) is 1. The number of carboxylic acids is 1. The van der Waals surface area contributed by atoms with E-state index in [9.17, 15) is 9.59 Å². The van der Waals surface area contributed by atoms with Crippen LogP contribution < -0.4 is 9.47 Å². The maximum absolute atomic E-state index is 10.8. The first kappa shape index (κ1) is 12.3. The first-order chi connectivity index (χ1) is 7.58. The highest BCUT2D eigenvalue weighted by Crippen LogP contribution is 2.31. The van der Waals surface area contributed by atoms with E-state index < -0.39 is 12.6 Å². The van der Waals surface area contributed by atoms with Crippen molar-refractivity contribution >= 4 is 23.9 Å². The lowest BCUT2D eigenvalue weighted by Crippen LogP contribution is -2.10. The van der Waals surface area contributed by atoms with E-state index in [0.29, 0.717) is 11.3 Å². The number of carboxylic acid groups (broad SMARTS) is 1. The first-order valence-corrected chi connectivity index (χ1v) is 4.63. The van der Waals surface area contributed by atoms with Crippen molar-refractivity contribution in [1.29, 1.82) is 0 Å². The molecular weight excluding hydrogens is 236 g/mol. The molecule has 1 rings (SSSR count). The second kappa shape index (κ2) is 5.37. The maximum Gasteiger partial charge on any atom is 0.341 e. The molecule has 1 aromatic rings. The number of ether oxygens (including phenoxy) is 2. The van der Waals surface area contributed by atoms with Crippen molar-refractivity contribution in [2.75, 3.05) is 13.7 Å². The van der Waals surface area contributed by atoms with Crippen molar-refractivity contribution in [3.05, 3.63) is 22.7 Å². The lowest BCUT2D eigenvalue weighted by Gasteiger charge is -2.10. The number of aldehydes is 1. The summed E-state index contributed by atoms with van der Waals surface area (Å²) in [7, 11) is 1.37. The Kier molecular flexibility index (Phi) is 4.13. The number of benzene rings is 1.